The van der Waals surface area contributed by atoms with Gasteiger partial charge in [-0.05, 0) is 0 Å². The fraction of sp³-hybridized carbons (Fsp3) is 0. The molecule has 0 aliphatic heterocycles. The van der Waals surface area contributed by atoms with Gasteiger partial charge < -0.3 is 19.2 Å². The molecule has 0 bridgehead atoms. The Bertz CT molecular complexity index is 31.5. The Balaban J connectivity index is -0.0000000267. The van der Waals surface area contributed by atoms with Gasteiger partial charge in [0.05, 0.1) is 0 Å². The molecule has 0 rings (SSSR count). The zero-order valence-electron chi connectivity index (χ0n) is 2.70. The van der Waals surface area contributed by atoms with Gasteiger partial charge in [0.2, 0.25) is 0 Å². The summed E-state index contributed by atoms with van der Waals surface area (Å²) in [6.07, 6.45) is 0. The Morgan fingerprint density at radius 1 is 0.875 bits per heavy atom. The summed E-state index contributed by atoms with van der Waals surface area (Å²) in [6, 6.07) is 0. The van der Waals surface area contributed by atoms with Crippen molar-refractivity contribution in [1.82, 2.24) is 0 Å². The van der Waals surface area contributed by atoms with Crippen LogP contribution in [0.4, 0.5) is 4.70 Å². The van der Waals surface area contributed by atoms with Gasteiger partial charge in [-0.15, -0.1) is 0 Å². The molecule has 0 atom stereocenters. The van der Waals surface area contributed by atoms with Crippen LogP contribution in [0.25, 0.3) is 0 Å². The molecule has 0 aromatic rings. The van der Waals surface area contributed by atoms with E-state index in [0.29, 0.717) is 0 Å². The maximum atomic E-state index is 7.33. The van der Waals surface area contributed by atoms with Crippen molar-refractivity contribution in [2.45, 2.75) is 0 Å². The van der Waals surface area contributed by atoms with E-state index in [1.807, 2.05) is 0 Å². The predicted octanol–water partition coefficient (Wildman–Crippen LogP) is -4.56. The Hall–Kier alpha value is 2.00. The molecule has 8 heteroatoms. The molecule has 0 aliphatic carbocycles. The molecule has 0 heterocycles. The van der Waals surface area contributed by atoms with E-state index in [0.717, 1.165) is 0 Å². The number of hydrogen-bond donors (Lipinski definition) is 4. The number of halogens is 1. The molecule has 0 aromatic heterocycles. The van der Waals surface area contributed by atoms with E-state index < -0.39 is 9.05 Å². The summed E-state index contributed by atoms with van der Waals surface area (Å²) in [5, 5.41) is 0. The Morgan fingerprint density at radius 2 is 0.875 bits per heavy atom. The van der Waals surface area contributed by atoms with E-state index in [-0.39, 0.29) is 67.5 Å². The number of hydrogen-bond acceptors (Lipinski definition) is 4. The van der Waals surface area contributed by atoms with Crippen molar-refractivity contribution in [2.75, 3.05) is 0 Å². The van der Waals surface area contributed by atoms with Crippen LogP contribution in [-0.2, 0) is 0 Å². The second-order valence-electron chi connectivity index (χ2n) is 0.600. The van der Waals surface area contributed by atoms with Crippen LogP contribution in [0.1, 0.15) is 0 Å². The zero-order chi connectivity index (χ0) is 4.50. The molecule has 0 unspecified atom stereocenters. The standard InChI is InChI=1S/Al.FH.H4O4Si.Sr.5H/c;;1-5(2,3)4;;;;;;/h;1H;1-4H;;;;;;. The molecule has 0 amide bonds. The molecule has 0 saturated carbocycles. The van der Waals surface area contributed by atoms with Crippen LogP contribution in [0.15, 0.2) is 0 Å². The van der Waals surface area contributed by atoms with Gasteiger partial charge in [0, 0.05) is 0 Å². The van der Waals surface area contributed by atoms with E-state index in [9.17, 15) is 0 Å². The summed E-state index contributed by atoms with van der Waals surface area (Å²) in [5.41, 5.74) is 0. The summed E-state index contributed by atoms with van der Waals surface area (Å²) < 4.78 is 0. The summed E-state index contributed by atoms with van der Waals surface area (Å²) in [4.78, 5) is 29.3. The first-order chi connectivity index (χ1) is 2.00. The second kappa shape index (κ2) is 9.00. The van der Waals surface area contributed by atoms with E-state index in [1.165, 1.54) is 0 Å². The summed E-state index contributed by atoms with van der Waals surface area (Å²) in [6.45, 7) is 0. The van der Waals surface area contributed by atoms with Gasteiger partial charge in [-0.25, -0.2) is 0 Å². The molecule has 0 saturated heterocycles. The van der Waals surface area contributed by atoms with Crippen LogP contribution in [0, 0.1) is 0 Å². The Labute approximate surface area is 94.4 Å². The van der Waals surface area contributed by atoms with Crippen molar-refractivity contribution < 1.29 is 23.9 Å². The SMILES string of the molecule is F.O[Si](O)(O)O.[AlH3].[SrH2]. The molecule has 0 spiro atoms. The minimum atomic E-state index is -4.61. The molecule has 0 aliphatic rings. The normalized spacial score (nSPS) is 7.50. The first-order valence-corrected chi connectivity index (χ1v) is 2.68. The van der Waals surface area contributed by atoms with Gasteiger partial charge in [0.1, 0.15) is 0 Å². The Kier molecular flexibility index (Phi) is 25.3. The van der Waals surface area contributed by atoms with Crippen LogP contribution in [0.3, 0.4) is 0 Å². The maximum absolute atomic E-state index is 7.33. The topological polar surface area (TPSA) is 80.9 Å². The van der Waals surface area contributed by atoms with Crippen molar-refractivity contribution in [3.05, 3.63) is 0 Å². The minimum absolute atomic E-state index is 0. The average Bonchev–Trinajstić information content (AvgIpc) is 0.722. The third-order valence-corrected chi connectivity index (χ3v) is 0. The van der Waals surface area contributed by atoms with Crippen LogP contribution in [0.5, 0.6) is 0 Å². The third kappa shape index (κ3) is 98.0. The fourth-order valence-corrected chi connectivity index (χ4v) is 0. The first kappa shape index (κ1) is 22.5. The van der Waals surface area contributed by atoms with Gasteiger partial charge in [-0.3, -0.25) is 4.70 Å². The van der Waals surface area contributed by atoms with Crippen LogP contribution in [-0.4, -0.2) is 91.1 Å². The summed E-state index contributed by atoms with van der Waals surface area (Å²) >= 11 is 0. The van der Waals surface area contributed by atoms with E-state index in [2.05, 4.69) is 0 Å². The predicted molar refractivity (Wildman–Crippen MR) is 35.6 cm³/mol. The van der Waals surface area contributed by atoms with Gasteiger partial charge in [-0.1, -0.05) is 0 Å². The van der Waals surface area contributed by atoms with Gasteiger partial charge in [0.15, 0.2) is 17.4 Å². The molecule has 0 aromatic carbocycles. The van der Waals surface area contributed by atoms with Crippen molar-refractivity contribution in [3.63, 3.8) is 0 Å². The summed E-state index contributed by atoms with van der Waals surface area (Å²) in [5.74, 6) is 0. The van der Waals surface area contributed by atoms with Gasteiger partial charge >= 0.3 is 54.5 Å². The van der Waals surface area contributed by atoms with Crippen LogP contribution < -0.4 is 0 Å². The molecule has 8 heavy (non-hydrogen) atoms. The zero-order valence-corrected chi connectivity index (χ0v) is 3.70. The van der Waals surface area contributed by atoms with E-state index >= 15 is 0 Å². The third-order valence-electron chi connectivity index (χ3n) is 0. The second-order valence-corrected chi connectivity index (χ2v) is 1.80. The first-order valence-electron chi connectivity index (χ1n) is 0.894. The van der Waals surface area contributed by atoms with Crippen LogP contribution in [0.2, 0.25) is 0 Å². The molecule has 4 nitrogen and oxygen atoms in total. The van der Waals surface area contributed by atoms with Gasteiger partial charge in [0.25, 0.3) is 0 Å². The van der Waals surface area contributed by atoms with Crippen molar-refractivity contribution in [1.29, 1.82) is 0 Å². The molecule has 4 N–H and O–H groups in total. The fourth-order valence-electron chi connectivity index (χ4n) is 0. The Morgan fingerprint density at radius 3 is 0.875 bits per heavy atom. The monoisotopic (exact) mass is 236 g/mol. The molecule has 50 valence electrons. The van der Waals surface area contributed by atoms with Crippen molar-refractivity contribution in [2.24, 2.45) is 0 Å². The average molecular weight is 236 g/mol. The molecular formula is H10AlFO4SiSr. The van der Waals surface area contributed by atoms with E-state index in [1.54, 1.807) is 0 Å². The van der Waals surface area contributed by atoms with E-state index in [4.69, 9.17) is 19.2 Å². The molecular weight excluding hydrogens is 226 g/mol. The van der Waals surface area contributed by atoms with Crippen molar-refractivity contribution >= 4 is 71.9 Å². The summed E-state index contributed by atoms with van der Waals surface area (Å²) in [7, 11) is -4.61. The van der Waals surface area contributed by atoms with Gasteiger partial charge in [-0.2, -0.15) is 0 Å². The molecule has 0 fully saturated rings. The molecule has 0 radical (unpaired) electrons. The van der Waals surface area contributed by atoms with Crippen LogP contribution >= 0.6 is 0 Å². The quantitative estimate of drug-likeness (QED) is 0.319. The van der Waals surface area contributed by atoms with Crippen molar-refractivity contribution in [3.8, 4) is 0 Å². The number of rotatable bonds is 0.